The molecule has 1 aromatic carbocycles. The SMILES string of the molecule is CC(C)(C)c1ccc2c(c1)CN([C@]1(C)CCC(=O)NC1=O)C2=O. The number of benzene rings is 1. The second-order valence-electron chi connectivity index (χ2n) is 7.66. The third kappa shape index (κ3) is 2.44. The van der Waals surface area contributed by atoms with Crippen molar-refractivity contribution >= 4 is 17.7 Å². The Balaban J connectivity index is 1.94. The molecule has 0 bridgehead atoms. The normalized spacial score (nSPS) is 24.7. The van der Waals surface area contributed by atoms with Gasteiger partial charge in [-0.1, -0.05) is 32.9 Å². The third-order valence-corrected chi connectivity index (χ3v) is 4.95. The fourth-order valence-corrected chi connectivity index (χ4v) is 3.24. The fraction of sp³-hybridized carbons (Fsp3) is 0.500. The second-order valence-corrected chi connectivity index (χ2v) is 7.66. The number of amides is 3. The van der Waals surface area contributed by atoms with E-state index in [0.29, 0.717) is 18.5 Å². The van der Waals surface area contributed by atoms with Crippen LogP contribution in [0, 0.1) is 0 Å². The number of nitrogens with one attached hydrogen (secondary N) is 1. The Labute approximate surface area is 136 Å². The van der Waals surface area contributed by atoms with Gasteiger partial charge in [-0.15, -0.1) is 0 Å². The highest BCUT2D eigenvalue weighted by atomic mass is 16.2. The van der Waals surface area contributed by atoms with Crippen molar-refractivity contribution in [3.05, 3.63) is 34.9 Å². The first kappa shape index (κ1) is 15.7. The minimum Gasteiger partial charge on any atom is -0.320 e. The van der Waals surface area contributed by atoms with Gasteiger partial charge in [0, 0.05) is 18.5 Å². The summed E-state index contributed by atoms with van der Waals surface area (Å²) in [5.74, 6) is -0.787. The third-order valence-electron chi connectivity index (χ3n) is 4.95. The summed E-state index contributed by atoms with van der Waals surface area (Å²) in [4.78, 5) is 38.1. The number of rotatable bonds is 1. The molecule has 1 fully saturated rings. The summed E-state index contributed by atoms with van der Waals surface area (Å²) in [6.07, 6.45) is 0.624. The van der Waals surface area contributed by atoms with E-state index in [1.54, 1.807) is 11.8 Å². The van der Waals surface area contributed by atoms with Gasteiger partial charge in [-0.25, -0.2) is 0 Å². The number of carbonyl (C=O) groups is 3. The van der Waals surface area contributed by atoms with Crippen molar-refractivity contribution in [1.29, 1.82) is 0 Å². The van der Waals surface area contributed by atoms with Crippen LogP contribution in [0.5, 0.6) is 0 Å². The predicted molar refractivity (Wildman–Crippen MR) is 85.8 cm³/mol. The Hall–Kier alpha value is -2.17. The van der Waals surface area contributed by atoms with Crippen LogP contribution in [0.15, 0.2) is 18.2 Å². The molecule has 23 heavy (non-hydrogen) atoms. The summed E-state index contributed by atoms with van der Waals surface area (Å²) in [6, 6.07) is 5.89. The van der Waals surface area contributed by atoms with Gasteiger partial charge in [0.05, 0.1) is 0 Å². The van der Waals surface area contributed by atoms with Crippen molar-refractivity contribution in [3.63, 3.8) is 0 Å². The summed E-state index contributed by atoms with van der Waals surface area (Å²) >= 11 is 0. The van der Waals surface area contributed by atoms with Gasteiger partial charge in [-0.3, -0.25) is 19.7 Å². The molecule has 5 heteroatoms. The number of fused-ring (bicyclic) bond motifs is 1. The van der Waals surface area contributed by atoms with Crippen molar-refractivity contribution in [3.8, 4) is 0 Å². The van der Waals surface area contributed by atoms with Crippen LogP contribution in [0.3, 0.4) is 0 Å². The highest BCUT2D eigenvalue weighted by molar-refractivity contribution is 6.07. The first-order valence-corrected chi connectivity index (χ1v) is 7.92. The number of carbonyl (C=O) groups excluding carboxylic acids is 3. The maximum Gasteiger partial charge on any atom is 0.255 e. The first-order valence-electron chi connectivity index (χ1n) is 7.92. The lowest BCUT2D eigenvalue weighted by Gasteiger charge is -2.39. The van der Waals surface area contributed by atoms with Crippen molar-refractivity contribution in [2.45, 2.75) is 58.0 Å². The highest BCUT2D eigenvalue weighted by Gasteiger charge is 2.48. The quantitative estimate of drug-likeness (QED) is 0.808. The average Bonchev–Trinajstić information content (AvgIpc) is 2.80. The molecule has 3 amide bonds. The number of hydrogen-bond donors (Lipinski definition) is 1. The molecule has 1 aromatic rings. The van der Waals surface area contributed by atoms with E-state index in [1.807, 2.05) is 12.1 Å². The Kier molecular flexibility index (Phi) is 3.36. The van der Waals surface area contributed by atoms with Crippen molar-refractivity contribution < 1.29 is 14.4 Å². The largest absolute Gasteiger partial charge is 0.320 e. The van der Waals surface area contributed by atoms with E-state index in [4.69, 9.17) is 0 Å². The van der Waals surface area contributed by atoms with E-state index >= 15 is 0 Å². The number of piperidine rings is 1. The molecule has 0 unspecified atom stereocenters. The van der Waals surface area contributed by atoms with Gasteiger partial charge in [0.25, 0.3) is 11.8 Å². The average molecular weight is 314 g/mol. The molecule has 122 valence electrons. The van der Waals surface area contributed by atoms with Crippen LogP contribution in [0.4, 0.5) is 0 Å². The predicted octanol–water partition coefficient (Wildman–Crippen LogP) is 2.14. The van der Waals surface area contributed by atoms with E-state index in [1.165, 1.54) is 5.56 Å². The highest BCUT2D eigenvalue weighted by Crippen LogP contribution is 2.35. The second kappa shape index (κ2) is 4.91. The van der Waals surface area contributed by atoms with Gasteiger partial charge in [0.2, 0.25) is 5.91 Å². The Morgan fingerprint density at radius 1 is 1.17 bits per heavy atom. The van der Waals surface area contributed by atoms with Gasteiger partial charge in [0.1, 0.15) is 5.54 Å². The van der Waals surface area contributed by atoms with Gasteiger partial charge in [-0.2, -0.15) is 0 Å². The summed E-state index contributed by atoms with van der Waals surface area (Å²) in [7, 11) is 0. The molecule has 0 radical (unpaired) electrons. The van der Waals surface area contributed by atoms with Crippen molar-refractivity contribution in [2.24, 2.45) is 0 Å². The summed E-state index contributed by atoms with van der Waals surface area (Å²) < 4.78 is 0. The zero-order valence-corrected chi connectivity index (χ0v) is 14.0. The van der Waals surface area contributed by atoms with Crippen LogP contribution in [-0.4, -0.2) is 28.2 Å². The van der Waals surface area contributed by atoms with Gasteiger partial charge in [0.15, 0.2) is 0 Å². The van der Waals surface area contributed by atoms with Crippen LogP contribution in [0.2, 0.25) is 0 Å². The molecule has 1 atom stereocenters. The first-order chi connectivity index (χ1) is 10.6. The number of nitrogens with zero attached hydrogens (tertiary/aromatic N) is 1. The molecule has 0 aromatic heterocycles. The molecule has 0 saturated carbocycles. The molecule has 1 saturated heterocycles. The standard InChI is InChI=1S/C18H22N2O3/c1-17(2,3)12-5-6-13-11(9-12)10-20(15(13)22)18(4)8-7-14(21)19-16(18)23/h5-6,9H,7-8,10H2,1-4H3,(H,19,21,23)/t18-/m1/s1. The van der Waals surface area contributed by atoms with Gasteiger partial charge < -0.3 is 4.90 Å². The molecule has 1 N–H and O–H groups in total. The van der Waals surface area contributed by atoms with E-state index in [9.17, 15) is 14.4 Å². The maximum absolute atomic E-state index is 12.8. The molecule has 2 aliphatic heterocycles. The molecule has 0 aliphatic carbocycles. The Bertz CT molecular complexity index is 717. The molecule has 2 aliphatic rings. The lowest BCUT2D eigenvalue weighted by atomic mass is 9.85. The van der Waals surface area contributed by atoms with Gasteiger partial charge >= 0.3 is 0 Å². The smallest absolute Gasteiger partial charge is 0.255 e. The summed E-state index contributed by atoms with van der Waals surface area (Å²) in [6.45, 7) is 8.54. The zero-order valence-electron chi connectivity index (χ0n) is 14.0. The van der Waals surface area contributed by atoms with Crippen LogP contribution in [0.1, 0.15) is 62.0 Å². The number of imide groups is 1. The van der Waals surface area contributed by atoms with Crippen LogP contribution >= 0.6 is 0 Å². The molecular weight excluding hydrogens is 292 g/mol. The van der Waals surface area contributed by atoms with E-state index in [-0.39, 0.29) is 29.6 Å². The number of hydrogen-bond acceptors (Lipinski definition) is 3. The minimum atomic E-state index is -0.966. The molecule has 3 rings (SSSR count). The topological polar surface area (TPSA) is 66.5 Å². The summed E-state index contributed by atoms with van der Waals surface area (Å²) in [5.41, 5.74) is 1.81. The molecule has 2 heterocycles. The van der Waals surface area contributed by atoms with Crippen LogP contribution in [0.25, 0.3) is 0 Å². The lowest BCUT2D eigenvalue weighted by molar-refractivity contribution is -0.142. The van der Waals surface area contributed by atoms with E-state index in [2.05, 4.69) is 32.2 Å². The molecular formula is C18H22N2O3. The van der Waals surface area contributed by atoms with Crippen LogP contribution < -0.4 is 5.32 Å². The Morgan fingerprint density at radius 3 is 2.48 bits per heavy atom. The van der Waals surface area contributed by atoms with Crippen molar-refractivity contribution in [1.82, 2.24) is 10.2 Å². The Morgan fingerprint density at radius 2 is 1.87 bits per heavy atom. The fourth-order valence-electron chi connectivity index (χ4n) is 3.24. The maximum atomic E-state index is 12.8. The minimum absolute atomic E-state index is 0.00400. The van der Waals surface area contributed by atoms with Crippen LogP contribution in [-0.2, 0) is 21.5 Å². The molecule has 0 spiro atoms. The lowest BCUT2D eigenvalue weighted by Crippen LogP contribution is -2.61. The summed E-state index contributed by atoms with van der Waals surface area (Å²) in [5, 5.41) is 2.36. The zero-order chi connectivity index (χ0) is 17.0. The molecule has 5 nitrogen and oxygen atoms in total. The van der Waals surface area contributed by atoms with Crippen molar-refractivity contribution in [2.75, 3.05) is 0 Å². The van der Waals surface area contributed by atoms with E-state index < -0.39 is 5.54 Å². The van der Waals surface area contributed by atoms with E-state index in [0.717, 1.165) is 5.56 Å². The van der Waals surface area contributed by atoms with Gasteiger partial charge in [-0.05, 0) is 36.0 Å². The monoisotopic (exact) mass is 314 g/mol.